The molecule has 1 atom stereocenters. The van der Waals surface area contributed by atoms with Crippen molar-refractivity contribution >= 4 is 45.6 Å². The molecular weight excluding hydrogens is 388 g/mol. The number of halogens is 3. The Bertz CT molecular complexity index is 815. The van der Waals surface area contributed by atoms with Crippen molar-refractivity contribution in [2.75, 3.05) is 19.6 Å². The molecule has 2 aromatic rings. The second-order valence-corrected chi connectivity index (χ2v) is 7.71. The van der Waals surface area contributed by atoms with Crippen LogP contribution in [0, 0.1) is 5.82 Å². The summed E-state index contributed by atoms with van der Waals surface area (Å²) in [6.45, 7) is 3.81. The molecule has 0 unspecified atom stereocenters. The van der Waals surface area contributed by atoms with Crippen LogP contribution in [0.2, 0.25) is 0 Å². The summed E-state index contributed by atoms with van der Waals surface area (Å²) in [6, 6.07) is 4.59. The second kappa shape index (κ2) is 9.09. The maximum Gasteiger partial charge on any atom is 0.244 e. The number of nitrogens with zero attached hydrogens (tertiary/aromatic N) is 2. The summed E-state index contributed by atoms with van der Waals surface area (Å²) in [5.74, 6) is -0.612. The maximum absolute atomic E-state index is 14.2. The maximum atomic E-state index is 14.2. The van der Waals surface area contributed by atoms with Crippen molar-refractivity contribution in [1.29, 1.82) is 0 Å². The molecule has 140 valence electrons. The molecule has 0 aliphatic carbocycles. The molecule has 0 radical (unpaired) electrons. The first kappa shape index (κ1) is 22.1. The van der Waals surface area contributed by atoms with Gasteiger partial charge in [0, 0.05) is 36.1 Å². The fourth-order valence-electron chi connectivity index (χ4n) is 3.01. The lowest BCUT2D eigenvalue weighted by molar-refractivity contribution is 0.301. The van der Waals surface area contributed by atoms with Crippen LogP contribution in [0.3, 0.4) is 0 Å². The van der Waals surface area contributed by atoms with Crippen LogP contribution in [0.25, 0.3) is 10.8 Å². The molecule has 3 rings (SSSR count). The van der Waals surface area contributed by atoms with Gasteiger partial charge in [-0.3, -0.25) is 4.98 Å². The highest BCUT2D eigenvalue weighted by Crippen LogP contribution is 2.28. The predicted octanol–water partition coefficient (Wildman–Crippen LogP) is 2.98. The highest BCUT2D eigenvalue weighted by atomic mass is 35.5. The van der Waals surface area contributed by atoms with Crippen molar-refractivity contribution in [3.8, 4) is 0 Å². The van der Waals surface area contributed by atoms with E-state index in [1.165, 1.54) is 16.6 Å². The number of pyridine rings is 1. The Morgan fingerprint density at radius 2 is 2.00 bits per heavy atom. The fourth-order valence-corrected chi connectivity index (χ4v) is 4.90. The van der Waals surface area contributed by atoms with E-state index in [0.717, 1.165) is 25.6 Å². The summed E-state index contributed by atoms with van der Waals surface area (Å²) in [5.41, 5.74) is 0. The first-order valence-electron chi connectivity index (χ1n) is 7.76. The first-order chi connectivity index (χ1) is 11.0. The van der Waals surface area contributed by atoms with Crippen LogP contribution >= 0.6 is 24.8 Å². The van der Waals surface area contributed by atoms with Crippen molar-refractivity contribution in [1.82, 2.24) is 14.6 Å². The Morgan fingerprint density at radius 3 is 2.76 bits per heavy atom. The molecule has 1 aliphatic heterocycles. The van der Waals surface area contributed by atoms with Gasteiger partial charge in [0.15, 0.2) is 5.82 Å². The molecule has 1 N–H and O–H groups in total. The number of aromatic nitrogens is 1. The van der Waals surface area contributed by atoms with E-state index in [1.54, 1.807) is 12.1 Å². The summed E-state index contributed by atoms with van der Waals surface area (Å²) in [5, 5.41) is 3.85. The monoisotopic (exact) mass is 409 g/mol. The number of hydrogen-bond donors (Lipinski definition) is 1. The zero-order valence-corrected chi connectivity index (χ0v) is 16.3. The summed E-state index contributed by atoms with van der Waals surface area (Å²) in [7, 11) is -3.77. The molecule has 9 heteroatoms. The largest absolute Gasteiger partial charge is 0.315 e. The molecule has 0 spiro atoms. The zero-order valence-electron chi connectivity index (χ0n) is 13.8. The van der Waals surface area contributed by atoms with Crippen molar-refractivity contribution in [3.05, 3.63) is 36.4 Å². The minimum absolute atomic E-state index is 0. The molecular formula is C16H22Cl2FN3O2S. The van der Waals surface area contributed by atoms with E-state index in [-0.39, 0.29) is 41.1 Å². The van der Waals surface area contributed by atoms with Gasteiger partial charge in [-0.05, 0) is 32.4 Å². The normalized spacial score (nSPS) is 19.4. The second-order valence-electron chi connectivity index (χ2n) is 5.85. The van der Waals surface area contributed by atoms with Crippen LogP contribution in [0.1, 0.15) is 19.8 Å². The molecule has 2 heterocycles. The minimum Gasteiger partial charge on any atom is -0.315 e. The highest BCUT2D eigenvalue weighted by Gasteiger charge is 2.31. The van der Waals surface area contributed by atoms with E-state index < -0.39 is 15.8 Å². The zero-order chi connectivity index (χ0) is 16.4. The van der Waals surface area contributed by atoms with E-state index in [2.05, 4.69) is 10.3 Å². The molecule has 1 aromatic heterocycles. The molecule has 25 heavy (non-hydrogen) atoms. The highest BCUT2D eigenvalue weighted by molar-refractivity contribution is 7.89. The Balaban J connectivity index is 0.00000156. The molecule has 1 saturated heterocycles. The lowest BCUT2D eigenvalue weighted by atomic mass is 10.2. The van der Waals surface area contributed by atoms with Gasteiger partial charge in [0.2, 0.25) is 10.0 Å². The predicted molar refractivity (Wildman–Crippen MR) is 102 cm³/mol. The van der Waals surface area contributed by atoms with Gasteiger partial charge in [0.1, 0.15) is 0 Å². The molecule has 1 aromatic carbocycles. The average molecular weight is 410 g/mol. The molecule has 0 saturated carbocycles. The van der Waals surface area contributed by atoms with Gasteiger partial charge in [0.05, 0.1) is 11.1 Å². The van der Waals surface area contributed by atoms with E-state index in [0.29, 0.717) is 18.5 Å². The van der Waals surface area contributed by atoms with Crippen LogP contribution in [0.5, 0.6) is 0 Å². The van der Waals surface area contributed by atoms with Gasteiger partial charge in [-0.15, -0.1) is 24.8 Å². The number of rotatable bonds is 2. The summed E-state index contributed by atoms with van der Waals surface area (Å²) < 4.78 is 42.0. The molecule has 0 amide bonds. The van der Waals surface area contributed by atoms with Crippen molar-refractivity contribution in [2.24, 2.45) is 0 Å². The van der Waals surface area contributed by atoms with Crippen molar-refractivity contribution in [3.63, 3.8) is 0 Å². The van der Waals surface area contributed by atoms with Crippen LogP contribution in [0.15, 0.2) is 35.5 Å². The summed E-state index contributed by atoms with van der Waals surface area (Å²) in [4.78, 5) is 3.81. The molecule has 1 fully saturated rings. The van der Waals surface area contributed by atoms with Gasteiger partial charge in [0.25, 0.3) is 0 Å². The van der Waals surface area contributed by atoms with Gasteiger partial charge in [-0.1, -0.05) is 12.1 Å². The molecule has 1 aliphatic rings. The van der Waals surface area contributed by atoms with Crippen molar-refractivity contribution in [2.45, 2.75) is 30.7 Å². The quantitative estimate of drug-likeness (QED) is 0.827. The Morgan fingerprint density at radius 1 is 1.24 bits per heavy atom. The average Bonchev–Trinajstić information content (AvgIpc) is 2.50. The van der Waals surface area contributed by atoms with Gasteiger partial charge in [-0.25, -0.2) is 12.8 Å². The topological polar surface area (TPSA) is 62.3 Å². The van der Waals surface area contributed by atoms with Gasteiger partial charge < -0.3 is 5.32 Å². The number of fused-ring (bicyclic) bond motifs is 1. The molecule has 5 nitrogen and oxygen atoms in total. The third-order valence-electron chi connectivity index (χ3n) is 4.20. The fraction of sp³-hybridized carbons (Fsp3) is 0.438. The smallest absolute Gasteiger partial charge is 0.244 e. The van der Waals surface area contributed by atoms with E-state index in [4.69, 9.17) is 0 Å². The van der Waals surface area contributed by atoms with E-state index >= 15 is 0 Å². The van der Waals surface area contributed by atoms with E-state index in [9.17, 15) is 12.8 Å². The number of nitrogens with one attached hydrogen (secondary N) is 1. The minimum atomic E-state index is -3.77. The van der Waals surface area contributed by atoms with Gasteiger partial charge in [-0.2, -0.15) is 4.31 Å². The van der Waals surface area contributed by atoms with Crippen LogP contribution < -0.4 is 5.32 Å². The van der Waals surface area contributed by atoms with Crippen LogP contribution in [0.4, 0.5) is 4.39 Å². The van der Waals surface area contributed by atoms with Crippen LogP contribution in [-0.4, -0.2) is 43.4 Å². The number of sulfonamides is 1. The first-order valence-corrected chi connectivity index (χ1v) is 9.20. The third-order valence-corrected chi connectivity index (χ3v) is 6.25. The van der Waals surface area contributed by atoms with Gasteiger partial charge >= 0.3 is 0 Å². The Labute approximate surface area is 159 Å². The Hall–Kier alpha value is -0.990. The SMILES string of the molecule is C[C@H]1CNCCCCN1S(=O)(=O)c1cccc2cncc(F)c12.Cl.Cl. The Kier molecular flexibility index (Phi) is 8.02. The van der Waals surface area contributed by atoms with Crippen molar-refractivity contribution < 1.29 is 12.8 Å². The lowest BCUT2D eigenvalue weighted by Crippen LogP contribution is -2.46. The summed E-state index contributed by atoms with van der Waals surface area (Å²) in [6.07, 6.45) is 4.24. The van der Waals surface area contributed by atoms with Crippen LogP contribution in [-0.2, 0) is 10.0 Å². The lowest BCUT2D eigenvalue weighted by Gasteiger charge is -2.31. The number of benzene rings is 1. The third kappa shape index (κ3) is 4.41. The number of hydrogen-bond acceptors (Lipinski definition) is 4. The standard InChI is InChI=1S/C16H20FN3O2S.2ClH/c1-12-9-18-7-2-3-8-20(12)23(21,22)15-6-4-5-13-10-19-11-14(17)16(13)15;;/h4-6,10-12,18H,2-3,7-9H2,1H3;2*1H/t12-;;/m0../s1. The van der Waals surface area contributed by atoms with E-state index in [1.807, 2.05) is 6.92 Å². The summed E-state index contributed by atoms with van der Waals surface area (Å²) >= 11 is 0. The molecule has 0 bridgehead atoms.